The summed E-state index contributed by atoms with van der Waals surface area (Å²) in [4.78, 5) is 0. The Kier molecular flexibility index (Phi) is 7.26. The van der Waals surface area contributed by atoms with E-state index in [1.807, 2.05) is 18.5 Å². The van der Waals surface area contributed by atoms with E-state index < -0.39 is 0 Å². The van der Waals surface area contributed by atoms with Gasteiger partial charge in [-0.1, -0.05) is 17.7 Å². The minimum atomic E-state index is -0.363. The summed E-state index contributed by atoms with van der Waals surface area (Å²) >= 11 is 14.9. The number of thiocarbonyl (C=S) groups is 1. The van der Waals surface area contributed by atoms with Gasteiger partial charge in [-0.2, -0.15) is 10.2 Å². The number of hydrogen-bond donors (Lipinski definition) is 2. The van der Waals surface area contributed by atoms with Gasteiger partial charge in [0, 0.05) is 35.6 Å². The van der Waals surface area contributed by atoms with Crippen LogP contribution in [0, 0.1) is 19.7 Å². The van der Waals surface area contributed by atoms with Gasteiger partial charge in [-0.3, -0.25) is 9.36 Å². The van der Waals surface area contributed by atoms with E-state index in [-0.39, 0.29) is 12.4 Å². The van der Waals surface area contributed by atoms with Crippen molar-refractivity contribution in [2.24, 2.45) is 0 Å². The summed E-state index contributed by atoms with van der Waals surface area (Å²) in [5.41, 5.74) is 2.55. The summed E-state index contributed by atoms with van der Waals surface area (Å²) in [5.74, 6) is 0.187. The predicted octanol–water partition coefficient (Wildman–Crippen LogP) is 4.68. The van der Waals surface area contributed by atoms with Gasteiger partial charge in [-0.15, -0.1) is 0 Å². The quantitative estimate of drug-likeness (QED) is 0.365. The number of aromatic nitrogens is 4. The number of hydrogen-bond acceptors (Lipinski definition) is 3. The molecule has 2 aromatic heterocycles. The number of halogens is 3. The van der Waals surface area contributed by atoms with E-state index in [4.69, 9.17) is 23.8 Å². The van der Waals surface area contributed by atoms with E-state index in [9.17, 15) is 4.39 Å². The first kappa shape index (κ1) is 21.7. The average molecular weight is 500 g/mol. The molecule has 29 heavy (non-hydrogen) atoms. The van der Waals surface area contributed by atoms with Crippen LogP contribution in [0.15, 0.2) is 34.9 Å². The lowest BCUT2D eigenvalue weighted by Crippen LogP contribution is -2.30. The lowest BCUT2D eigenvalue weighted by atomic mass is 10.2. The number of anilines is 1. The van der Waals surface area contributed by atoms with Crippen molar-refractivity contribution in [3.8, 4) is 0 Å². The summed E-state index contributed by atoms with van der Waals surface area (Å²) in [7, 11) is 0. The highest BCUT2D eigenvalue weighted by Crippen LogP contribution is 2.24. The minimum absolute atomic E-state index is 0.217. The molecular formula is C19H21BrClFN6S. The monoisotopic (exact) mass is 498 g/mol. The molecule has 0 aliphatic heterocycles. The van der Waals surface area contributed by atoms with Gasteiger partial charge < -0.3 is 10.6 Å². The van der Waals surface area contributed by atoms with Crippen molar-refractivity contribution < 1.29 is 4.39 Å². The fraction of sp³-hybridized carbons (Fsp3) is 0.316. The summed E-state index contributed by atoms with van der Waals surface area (Å²) < 4.78 is 18.3. The highest BCUT2D eigenvalue weighted by atomic mass is 79.9. The molecule has 1 aromatic carbocycles. The molecule has 6 nitrogen and oxygen atoms in total. The molecule has 3 aromatic rings. The fourth-order valence-corrected chi connectivity index (χ4v) is 3.73. The van der Waals surface area contributed by atoms with Gasteiger partial charge in [0.2, 0.25) is 0 Å². The zero-order valence-electron chi connectivity index (χ0n) is 16.0. The molecule has 0 aliphatic rings. The van der Waals surface area contributed by atoms with Crippen LogP contribution in [0.4, 0.5) is 10.2 Å². The molecule has 3 rings (SSSR count). The van der Waals surface area contributed by atoms with Crippen LogP contribution in [0.1, 0.15) is 23.4 Å². The van der Waals surface area contributed by atoms with E-state index >= 15 is 0 Å². The second-order valence-electron chi connectivity index (χ2n) is 6.61. The summed E-state index contributed by atoms with van der Waals surface area (Å²) in [6.45, 7) is 5.76. The third-order valence-electron chi connectivity index (χ3n) is 4.27. The molecule has 154 valence electrons. The number of nitrogens with one attached hydrogen (secondary N) is 2. The first-order valence-corrected chi connectivity index (χ1v) is 10.6. The molecule has 0 aliphatic carbocycles. The van der Waals surface area contributed by atoms with Gasteiger partial charge >= 0.3 is 0 Å². The van der Waals surface area contributed by atoms with Crippen LogP contribution in [-0.4, -0.2) is 31.2 Å². The van der Waals surface area contributed by atoms with Gasteiger partial charge in [-0.05, 0) is 66.6 Å². The van der Waals surface area contributed by atoms with E-state index in [2.05, 4.69) is 42.8 Å². The summed E-state index contributed by atoms with van der Waals surface area (Å²) in [6, 6.07) is 6.67. The van der Waals surface area contributed by atoms with Crippen molar-refractivity contribution >= 4 is 50.7 Å². The highest BCUT2D eigenvalue weighted by Gasteiger charge is 2.12. The van der Waals surface area contributed by atoms with E-state index in [0.717, 1.165) is 28.8 Å². The van der Waals surface area contributed by atoms with Crippen LogP contribution < -0.4 is 10.6 Å². The number of benzene rings is 1. The number of rotatable bonds is 7. The lowest BCUT2D eigenvalue weighted by Gasteiger charge is -2.10. The van der Waals surface area contributed by atoms with Crippen LogP contribution >= 0.6 is 39.7 Å². The van der Waals surface area contributed by atoms with Crippen molar-refractivity contribution in [3.63, 3.8) is 0 Å². The summed E-state index contributed by atoms with van der Waals surface area (Å²) in [5, 5.41) is 15.9. The Hall–Kier alpha value is -1.97. The second kappa shape index (κ2) is 9.69. The Labute approximate surface area is 187 Å². The molecule has 0 saturated carbocycles. The summed E-state index contributed by atoms with van der Waals surface area (Å²) in [6.07, 6.45) is 2.63. The normalized spacial score (nSPS) is 10.9. The third-order valence-corrected chi connectivity index (χ3v) is 5.45. The van der Waals surface area contributed by atoms with Gasteiger partial charge in [-0.25, -0.2) is 4.39 Å². The largest absolute Gasteiger partial charge is 0.362 e. The minimum Gasteiger partial charge on any atom is -0.362 e. The molecule has 2 heterocycles. The Bertz CT molecular complexity index is 998. The maximum Gasteiger partial charge on any atom is 0.172 e. The smallest absolute Gasteiger partial charge is 0.172 e. The molecular weight excluding hydrogens is 479 g/mol. The molecule has 0 bridgehead atoms. The van der Waals surface area contributed by atoms with Crippen molar-refractivity contribution in [3.05, 3.63) is 62.7 Å². The standard InChI is InChI=1S/C19H21BrClFN6S/c1-12-9-13(2)28(25-12)8-4-7-23-19(29)24-18-15(20)11-27(26-18)10-14-16(21)5-3-6-17(14)22/h3,5-6,9,11H,4,7-8,10H2,1-2H3,(H2,23,24,26,29). The molecule has 10 heteroatoms. The number of aryl methyl sites for hydroxylation is 3. The maximum atomic E-state index is 14.0. The van der Waals surface area contributed by atoms with E-state index in [1.54, 1.807) is 23.0 Å². The molecule has 2 N–H and O–H groups in total. The van der Waals surface area contributed by atoms with Crippen molar-refractivity contribution in [1.29, 1.82) is 0 Å². The second-order valence-corrected chi connectivity index (χ2v) is 8.28. The zero-order chi connectivity index (χ0) is 21.0. The molecule has 0 fully saturated rings. The third kappa shape index (κ3) is 5.77. The van der Waals surface area contributed by atoms with Gasteiger partial charge in [0.05, 0.1) is 16.7 Å². The Morgan fingerprint density at radius 1 is 1.31 bits per heavy atom. The van der Waals surface area contributed by atoms with Crippen molar-refractivity contribution in [1.82, 2.24) is 24.9 Å². The van der Waals surface area contributed by atoms with Crippen LogP contribution in [0.2, 0.25) is 5.02 Å². The van der Waals surface area contributed by atoms with Gasteiger partial charge in [0.1, 0.15) is 5.82 Å². The van der Waals surface area contributed by atoms with Crippen LogP contribution in [0.25, 0.3) is 0 Å². The predicted molar refractivity (Wildman–Crippen MR) is 121 cm³/mol. The molecule has 0 atom stereocenters. The van der Waals surface area contributed by atoms with Crippen molar-refractivity contribution in [2.45, 2.75) is 33.4 Å². The molecule has 0 spiro atoms. The van der Waals surface area contributed by atoms with Crippen LogP contribution in [-0.2, 0) is 13.1 Å². The molecule has 0 saturated heterocycles. The Balaban J connectivity index is 1.51. The SMILES string of the molecule is Cc1cc(C)n(CCCNC(=S)Nc2nn(Cc3c(F)cccc3Cl)cc2Br)n1. The van der Waals surface area contributed by atoms with E-state index in [0.29, 0.717) is 28.1 Å². The Morgan fingerprint density at radius 3 is 2.79 bits per heavy atom. The average Bonchev–Trinajstić information content (AvgIpc) is 3.16. The van der Waals surface area contributed by atoms with Crippen molar-refractivity contribution in [2.75, 3.05) is 11.9 Å². The zero-order valence-corrected chi connectivity index (χ0v) is 19.2. The van der Waals surface area contributed by atoms with Crippen LogP contribution in [0.3, 0.4) is 0 Å². The first-order valence-electron chi connectivity index (χ1n) is 9.05. The molecule has 0 unspecified atom stereocenters. The lowest BCUT2D eigenvalue weighted by molar-refractivity contribution is 0.558. The molecule has 0 radical (unpaired) electrons. The topological polar surface area (TPSA) is 59.7 Å². The first-order chi connectivity index (χ1) is 13.8. The number of nitrogens with zero attached hydrogens (tertiary/aromatic N) is 4. The van der Waals surface area contributed by atoms with Gasteiger partial charge in [0.15, 0.2) is 10.9 Å². The van der Waals surface area contributed by atoms with Gasteiger partial charge in [0.25, 0.3) is 0 Å². The molecule has 0 amide bonds. The fourth-order valence-electron chi connectivity index (χ4n) is 2.89. The maximum absolute atomic E-state index is 14.0. The van der Waals surface area contributed by atoms with E-state index in [1.165, 1.54) is 6.07 Å². The highest BCUT2D eigenvalue weighted by molar-refractivity contribution is 9.10. The van der Waals surface area contributed by atoms with Crippen LogP contribution in [0.5, 0.6) is 0 Å². The Morgan fingerprint density at radius 2 is 2.10 bits per heavy atom.